The van der Waals surface area contributed by atoms with Gasteiger partial charge in [0.05, 0.1) is 15.9 Å². The van der Waals surface area contributed by atoms with Gasteiger partial charge in [0.25, 0.3) is 0 Å². The maximum absolute atomic E-state index is 12.9. The molecule has 1 heterocycles. The molecule has 0 spiro atoms. The number of amides is 1. The van der Waals surface area contributed by atoms with E-state index in [1.54, 1.807) is 12.1 Å². The zero-order valence-electron chi connectivity index (χ0n) is 19.3. The molecule has 0 saturated heterocycles. The lowest BCUT2D eigenvalue weighted by Gasteiger charge is -2.31. The Morgan fingerprint density at radius 3 is 2.42 bits per heavy atom. The van der Waals surface area contributed by atoms with Crippen LogP contribution in [0.4, 0.5) is 0 Å². The fourth-order valence-corrected chi connectivity index (χ4v) is 6.12. The quantitative estimate of drug-likeness (QED) is 0.585. The second-order valence-electron chi connectivity index (χ2n) is 8.31. The van der Waals surface area contributed by atoms with Gasteiger partial charge >= 0.3 is 0 Å². The third-order valence-electron chi connectivity index (χ3n) is 6.54. The van der Waals surface area contributed by atoms with Crippen molar-refractivity contribution < 1.29 is 13.2 Å². The highest BCUT2D eigenvalue weighted by molar-refractivity contribution is 7.89. The monoisotopic (exact) mass is 448 g/mol. The van der Waals surface area contributed by atoms with Gasteiger partial charge < -0.3 is 9.47 Å². The summed E-state index contributed by atoms with van der Waals surface area (Å²) in [5.74, 6) is 0.992. The van der Waals surface area contributed by atoms with Crippen molar-refractivity contribution in [3.05, 3.63) is 24.0 Å². The Kier molecular flexibility index (Phi) is 7.75. The van der Waals surface area contributed by atoms with Crippen molar-refractivity contribution in [2.75, 3.05) is 20.1 Å². The summed E-state index contributed by atoms with van der Waals surface area (Å²) in [6.07, 6.45) is 6.83. The largest absolute Gasteiger partial charge is 0.343 e. The van der Waals surface area contributed by atoms with Crippen LogP contribution in [0.1, 0.15) is 65.1 Å². The van der Waals surface area contributed by atoms with Gasteiger partial charge in [-0.15, -0.1) is 0 Å². The summed E-state index contributed by atoms with van der Waals surface area (Å²) in [6, 6.07) is 5.52. The van der Waals surface area contributed by atoms with Crippen LogP contribution in [0.3, 0.4) is 0 Å². The Balaban J connectivity index is 1.80. The Hall–Kier alpha value is -1.93. The Bertz CT molecular complexity index is 1010. The first-order valence-corrected chi connectivity index (χ1v) is 13.0. The average Bonchev–Trinajstić information content (AvgIpc) is 3.14. The predicted molar refractivity (Wildman–Crippen MR) is 123 cm³/mol. The highest BCUT2D eigenvalue weighted by atomic mass is 32.2. The van der Waals surface area contributed by atoms with Crippen molar-refractivity contribution in [3.8, 4) is 0 Å². The number of hydrogen-bond acceptors (Lipinski definition) is 4. The maximum Gasteiger partial charge on any atom is 0.243 e. The van der Waals surface area contributed by atoms with Crippen molar-refractivity contribution in [1.82, 2.24) is 18.8 Å². The van der Waals surface area contributed by atoms with Crippen molar-refractivity contribution in [1.29, 1.82) is 0 Å². The van der Waals surface area contributed by atoms with E-state index in [9.17, 15) is 13.2 Å². The van der Waals surface area contributed by atoms with Crippen LogP contribution in [-0.2, 0) is 27.8 Å². The van der Waals surface area contributed by atoms with E-state index in [1.807, 2.05) is 38.8 Å². The molecule has 0 N–H and O–H groups in total. The highest BCUT2D eigenvalue weighted by Gasteiger charge is 2.24. The Morgan fingerprint density at radius 1 is 1.13 bits per heavy atom. The minimum atomic E-state index is -3.53. The average molecular weight is 449 g/mol. The van der Waals surface area contributed by atoms with Gasteiger partial charge in [0.1, 0.15) is 5.82 Å². The van der Waals surface area contributed by atoms with Crippen LogP contribution < -0.4 is 0 Å². The van der Waals surface area contributed by atoms with Gasteiger partial charge in [-0.3, -0.25) is 4.79 Å². The molecule has 1 aliphatic carbocycles. The zero-order chi connectivity index (χ0) is 22.6. The van der Waals surface area contributed by atoms with E-state index in [0.29, 0.717) is 37.5 Å². The number of nitrogens with zero attached hydrogens (tertiary/aromatic N) is 4. The molecule has 0 unspecified atom stereocenters. The standard InChI is InChI=1S/C23H36N4O3S/c1-5-26(6-2)31(29,30)19-13-14-21-20(17-19)24-22(27(21)7-3)15-16-23(28)25(4)18-11-9-8-10-12-18/h13-14,17-18H,5-12,15-16H2,1-4H3. The first-order chi connectivity index (χ1) is 14.8. The van der Waals surface area contributed by atoms with Gasteiger partial charge in [-0.2, -0.15) is 4.31 Å². The third kappa shape index (κ3) is 4.95. The van der Waals surface area contributed by atoms with E-state index in [-0.39, 0.29) is 10.8 Å². The van der Waals surface area contributed by atoms with E-state index in [4.69, 9.17) is 4.98 Å². The Morgan fingerprint density at radius 2 is 1.81 bits per heavy atom. The number of hydrogen-bond donors (Lipinski definition) is 0. The minimum absolute atomic E-state index is 0.159. The number of aryl methyl sites for hydroxylation is 2. The molecule has 1 aromatic carbocycles. The van der Waals surface area contributed by atoms with Gasteiger partial charge in [0.2, 0.25) is 15.9 Å². The smallest absolute Gasteiger partial charge is 0.243 e. The summed E-state index contributed by atoms with van der Waals surface area (Å²) >= 11 is 0. The molecule has 1 saturated carbocycles. The van der Waals surface area contributed by atoms with Crippen LogP contribution in [0.25, 0.3) is 11.0 Å². The summed E-state index contributed by atoms with van der Waals surface area (Å²) in [5.41, 5.74) is 1.57. The third-order valence-corrected chi connectivity index (χ3v) is 8.58. The summed E-state index contributed by atoms with van der Waals surface area (Å²) in [6.45, 7) is 7.31. The van der Waals surface area contributed by atoms with Crippen molar-refractivity contribution in [2.24, 2.45) is 0 Å². The first-order valence-electron chi connectivity index (χ1n) is 11.6. The summed E-state index contributed by atoms with van der Waals surface area (Å²) in [4.78, 5) is 19.7. The second kappa shape index (κ2) is 10.1. The Labute approximate surface area is 186 Å². The van der Waals surface area contributed by atoms with Crippen LogP contribution in [0.5, 0.6) is 0 Å². The molecule has 2 aromatic rings. The lowest BCUT2D eigenvalue weighted by atomic mass is 9.94. The van der Waals surface area contributed by atoms with E-state index in [1.165, 1.54) is 23.6 Å². The van der Waals surface area contributed by atoms with Crippen molar-refractivity contribution in [3.63, 3.8) is 0 Å². The van der Waals surface area contributed by atoms with E-state index < -0.39 is 10.0 Å². The SMILES string of the molecule is CCN(CC)S(=O)(=O)c1ccc2c(c1)nc(CCC(=O)N(C)C1CCCCC1)n2CC. The normalized spacial score (nSPS) is 15.6. The van der Waals surface area contributed by atoms with Crippen LogP contribution in [-0.4, -0.2) is 59.3 Å². The van der Waals surface area contributed by atoms with Gasteiger partial charge in [-0.1, -0.05) is 33.1 Å². The molecule has 8 heteroatoms. The molecule has 0 aliphatic heterocycles. The number of aromatic nitrogens is 2. The molecule has 1 fully saturated rings. The molecule has 3 rings (SSSR count). The molecular weight excluding hydrogens is 412 g/mol. The van der Waals surface area contributed by atoms with Crippen LogP contribution in [0, 0.1) is 0 Å². The molecular formula is C23H36N4O3S. The van der Waals surface area contributed by atoms with Gasteiger partial charge in [0, 0.05) is 45.6 Å². The van der Waals surface area contributed by atoms with Crippen molar-refractivity contribution in [2.45, 2.75) is 83.2 Å². The number of imidazole rings is 1. The summed E-state index contributed by atoms with van der Waals surface area (Å²) < 4.78 is 29.3. The van der Waals surface area contributed by atoms with Gasteiger partial charge in [0.15, 0.2) is 0 Å². The van der Waals surface area contributed by atoms with Gasteiger partial charge in [-0.25, -0.2) is 13.4 Å². The molecule has 0 atom stereocenters. The summed E-state index contributed by atoms with van der Waals surface area (Å²) in [7, 11) is -1.61. The molecule has 1 amide bonds. The molecule has 7 nitrogen and oxygen atoms in total. The van der Waals surface area contributed by atoms with Crippen LogP contribution in [0.15, 0.2) is 23.1 Å². The predicted octanol–water partition coefficient (Wildman–Crippen LogP) is 3.81. The minimum Gasteiger partial charge on any atom is -0.343 e. The number of carbonyl (C=O) groups is 1. The molecule has 1 aliphatic rings. The molecule has 0 bridgehead atoms. The number of rotatable bonds is 9. The van der Waals surface area contributed by atoms with E-state index in [0.717, 1.165) is 30.7 Å². The summed E-state index contributed by atoms with van der Waals surface area (Å²) in [5, 5.41) is 0. The highest BCUT2D eigenvalue weighted by Crippen LogP contribution is 2.25. The topological polar surface area (TPSA) is 75.5 Å². The lowest BCUT2D eigenvalue weighted by molar-refractivity contribution is -0.132. The number of benzene rings is 1. The molecule has 1 aromatic heterocycles. The van der Waals surface area contributed by atoms with E-state index in [2.05, 4.69) is 4.57 Å². The first kappa shape index (κ1) is 23.7. The van der Waals surface area contributed by atoms with Crippen LogP contribution >= 0.6 is 0 Å². The fraction of sp³-hybridized carbons (Fsp3) is 0.652. The maximum atomic E-state index is 12.9. The fourth-order valence-electron chi connectivity index (χ4n) is 4.64. The number of fused-ring (bicyclic) bond motifs is 1. The van der Waals surface area contributed by atoms with Gasteiger partial charge in [-0.05, 0) is 38.0 Å². The lowest BCUT2D eigenvalue weighted by Crippen LogP contribution is -2.38. The molecule has 0 radical (unpaired) electrons. The van der Waals surface area contributed by atoms with E-state index >= 15 is 0 Å². The van der Waals surface area contributed by atoms with Crippen molar-refractivity contribution >= 4 is 27.0 Å². The number of sulfonamides is 1. The zero-order valence-corrected chi connectivity index (χ0v) is 20.1. The second-order valence-corrected chi connectivity index (χ2v) is 10.2. The molecule has 172 valence electrons. The molecule has 31 heavy (non-hydrogen) atoms. The van der Waals surface area contributed by atoms with Crippen LogP contribution in [0.2, 0.25) is 0 Å². The number of carbonyl (C=O) groups excluding carboxylic acids is 1.